The third-order valence-electron chi connectivity index (χ3n) is 5.39. The molecule has 1 aliphatic rings. The Hall–Kier alpha value is -1.59. The van der Waals surface area contributed by atoms with Crippen LogP contribution in [0.25, 0.3) is 11.2 Å². The van der Waals surface area contributed by atoms with E-state index in [0.717, 1.165) is 0 Å². The maximum atomic E-state index is 10.9. The number of rotatable bonds is 4. The maximum absolute atomic E-state index is 10.9. The van der Waals surface area contributed by atoms with Crippen LogP contribution in [0.15, 0.2) is 12.7 Å². The van der Waals surface area contributed by atoms with Gasteiger partial charge in [-0.05, 0) is 18.1 Å². The van der Waals surface area contributed by atoms with E-state index in [1.54, 1.807) is 4.57 Å². The van der Waals surface area contributed by atoms with Crippen LogP contribution in [0.5, 0.6) is 0 Å². The summed E-state index contributed by atoms with van der Waals surface area (Å²) in [5.74, 6) is 0.258. The molecule has 26 heavy (non-hydrogen) atoms. The van der Waals surface area contributed by atoms with Gasteiger partial charge in [0.25, 0.3) is 0 Å². The summed E-state index contributed by atoms with van der Waals surface area (Å²) < 4.78 is 13.9. The average Bonchev–Trinajstić information content (AvgIpc) is 3.09. The number of imidazole rings is 1. The standard InChI is InChI=1S/C16H27N5O4Si/c1-16(2,3)26(4,5)25-12-9(6-22)24-15(11(12)23)21-8-20-10-13(17)18-7-19-14(10)21/h7-9,11-12,15,22-23H,6H2,1-5H3,(H2,17,18,19)/t9-,11+,12-,15-/m1/s1. The first-order valence-corrected chi connectivity index (χ1v) is 11.5. The number of hydrogen-bond acceptors (Lipinski definition) is 8. The molecule has 0 amide bonds. The van der Waals surface area contributed by atoms with Gasteiger partial charge in [-0.15, -0.1) is 0 Å². The second-order valence-electron chi connectivity index (χ2n) is 8.16. The van der Waals surface area contributed by atoms with Crippen LogP contribution in [-0.2, 0) is 9.16 Å². The number of nitrogens with two attached hydrogens (primary N) is 1. The van der Waals surface area contributed by atoms with E-state index in [9.17, 15) is 10.2 Å². The highest BCUT2D eigenvalue weighted by molar-refractivity contribution is 6.74. The second-order valence-corrected chi connectivity index (χ2v) is 12.9. The fourth-order valence-electron chi connectivity index (χ4n) is 2.82. The number of fused-ring (bicyclic) bond motifs is 1. The normalized spacial score (nSPS) is 27.3. The van der Waals surface area contributed by atoms with Crippen LogP contribution < -0.4 is 5.73 Å². The van der Waals surface area contributed by atoms with Crippen molar-refractivity contribution in [2.75, 3.05) is 12.3 Å². The van der Waals surface area contributed by atoms with Gasteiger partial charge in [0.15, 0.2) is 26.0 Å². The first-order chi connectivity index (χ1) is 12.1. The van der Waals surface area contributed by atoms with Gasteiger partial charge in [-0.3, -0.25) is 4.57 Å². The Morgan fingerprint density at radius 1 is 1.31 bits per heavy atom. The smallest absolute Gasteiger partial charge is 0.192 e. The molecule has 3 heterocycles. The van der Waals surface area contributed by atoms with Crippen molar-refractivity contribution in [2.45, 2.75) is 63.4 Å². The lowest BCUT2D eigenvalue weighted by Gasteiger charge is -2.39. The van der Waals surface area contributed by atoms with Crippen molar-refractivity contribution >= 4 is 25.3 Å². The van der Waals surface area contributed by atoms with Crippen molar-refractivity contribution in [1.82, 2.24) is 19.5 Å². The van der Waals surface area contributed by atoms with Crippen LogP contribution >= 0.6 is 0 Å². The number of ether oxygens (including phenoxy) is 1. The van der Waals surface area contributed by atoms with Crippen molar-refractivity contribution in [3.05, 3.63) is 12.7 Å². The van der Waals surface area contributed by atoms with Gasteiger partial charge < -0.3 is 25.1 Å². The maximum Gasteiger partial charge on any atom is 0.192 e. The number of nitrogens with zero attached hydrogens (tertiary/aromatic N) is 4. The lowest BCUT2D eigenvalue weighted by molar-refractivity contribution is -0.0506. The zero-order valence-corrected chi connectivity index (χ0v) is 16.7. The molecule has 0 spiro atoms. The molecule has 144 valence electrons. The van der Waals surface area contributed by atoms with Gasteiger partial charge in [-0.25, -0.2) is 15.0 Å². The molecule has 0 unspecified atom stereocenters. The minimum absolute atomic E-state index is 0.0335. The minimum atomic E-state index is -2.17. The number of nitrogen functional groups attached to an aromatic ring is 1. The summed E-state index contributed by atoms with van der Waals surface area (Å²) in [4.78, 5) is 12.3. The molecule has 4 N–H and O–H groups in total. The number of aromatic nitrogens is 4. The molecule has 1 fully saturated rings. The van der Waals surface area contributed by atoms with Crippen LogP contribution in [0, 0.1) is 0 Å². The van der Waals surface area contributed by atoms with Gasteiger partial charge >= 0.3 is 0 Å². The lowest BCUT2D eigenvalue weighted by Crippen LogP contribution is -2.49. The highest BCUT2D eigenvalue weighted by Crippen LogP contribution is 2.41. The number of aliphatic hydroxyl groups excluding tert-OH is 2. The van der Waals surface area contributed by atoms with Gasteiger partial charge in [0.05, 0.1) is 12.9 Å². The molecule has 3 rings (SSSR count). The van der Waals surface area contributed by atoms with E-state index in [-0.39, 0.29) is 17.5 Å². The van der Waals surface area contributed by atoms with E-state index in [4.69, 9.17) is 14.9 Å². The Morgan fingerprint density at radius 2 is 2.00 bits per heavy atom. The molecule has 2 aromatic heterocycles. The molecule has 0 aromatic carbocycles. The molecule has 1 saturated heterocycles. The van der Waals surface area contributed by atoms with Crippen LogP contribution in [-0.4, -0.2) is 63.0 Å². The molecule has 1 aliphatic heterocycles. The number of aliphatic hydroxyl groups is 2. The first kappa shape index (κ1) is 19.2. The van der Waals surface area contributed by atoms with Crippen molar-refractivity contribution in [1.29, 1.82) is 0 Å². The zero-order chi connectivity index (χ0) is 19.3. The van der Waals surface area contributed by atoms with Crippen LogP contribution in [0.2, 0.25) is 18.1 Å². The summed E-state index contributed by atoms with van der Waals surface area (Å²) >= 11 is 0. The molecular formula is C16H27N5O4Si. The Balaban J connectivity index is 1.92. The molecule has 0 aliphatic carbocycles. The predicted octanol–water partition coefficient (Wildman–Crippen LogP) is 1.05. The van der Waals surface area contributed by atoms with Crippen molar-refractivity contribution in [2.24, 2.45) is 0 Å². The highest BCUT2D eigenvalue weighted by atomic mass is 28.4. The fourth-order valence-corrected chi connectivity index (χ4v) is 4.14. The molecular weight excluding hydrogens is 354 g/mol. The molecule has 4 atom stereocenters. The van der Waals surface area contributed by atoms with E-state index < -0.39 is 32.9 Å². The van der Waals surface area contributed by atoms with E-state index in [0.29, 0.717) is 11.2 Å². The van der Waals surface area contributed by atoms with E-state index in [1.165, 1.54) is 12.7 Å². The van der Waals surface area contributed by atoms with Crippen molar-refractivity contribution in [3.63, 3.8) is 0 Å². The fraction of sp³-hybridized carbons (Fsp3) is 0.688. The van der Waals surface area contributed by atoms with Gasteiger partial charge in [0, 0.05) is 0 Å². The van der Waals surface area contributed by atoms with Gasteiger partial charge in [-0.1, -0.05) is 20.8 Å². The Kier molecular flexibility index (Phi) is 4.82. The summed E-state index contributed by atoms with van der Waals surface area (Å²) in [6, 6.07) is 0. The third-order valence-corrected chi connectivity index (χ3v) is 9.86. The quantitative estimate of drug-likeness (QED) is 0.670. The number of anilines is 1. The molecule has 0 bridgehead atoms. The molecule has 0 saturated carbocycles. The van der Waals surface area contributed by atoms with Crippen molar-refractivity contribution < 1.29 is 19.4 Å². The van der Waals surface area contributed by atoms with Crippen LogP contribution in [0.3, 0.4) is 0 Å². The summed E-state index contributed by atoms with van der Waals surface area (Å²) in [7, 11) is -2.17. The summed E-state index contributed by atoms with van der Waals surface area (Å²) in [6.07, 6.45) is -0.184. The zero-order valence-electron chi connectivity index (χ0n) is 15.7. The van der Waals surface area contributed by atoms with Crippen LogP contribution in [0.1, 0.15) is 27.0 Å². The Bertz CT molecular complexity index is 791. The first-order valence-electron chi connectivity index (χ1n) is 8.62. The molecule has 2 aromatic rings. The molecule has 0 radical (unpaired) electrons. The summed E-state index contributed by atoms with van der Waals surface area (Å²) in [5, 5.41) is 20.6. The highest BCUT2D eigenvalue weighted by Gasteiger charge is 2.50. The van der Waals surface area contributed by atoms with Gasteiger partial charge in [0.1, 0.15) is 30.2 Å². The van der Waals surface area contributed by atoms with E-state index >= 15 is 0 Å². The second kappa shape index (κ2) is 6.53. The van der Waals surface area contributed by atoms with E-state index in [1.807, 2.05) is 0 Å². The molecule has 10 heteroatoms. The van der Waals surface area contributed by atoms with E-state index in [2.05, 4.69) is 48.8 Å². The largest absolute Gasteiger partial charge is 0.408 e. The Morgan fingerprint density at radius 3 is 2.62 bits per heavy atom. The Labute approximate surface area is 153 Å². The SMILES string of the molecule is CC(C)(C)[Si](C)(C)O[C@H]1[C@H](O)[C@H](n2cnc3c(N)ncnc32)O[C@@H]1CO. The average molecular weight is 382 g/mol. The van der Waals surface area contributed by atoms with Gasteiger partial charge in [-0.2, -0.15) is 0 Å². The summed E-state index contributed by atoms with van der Waals surface area (Å²) in [6.45, 7) is 10.3. The van der Waals surface area contributed by atoms with Crippen molar-refractivity contribution in [3.8, 4) is 0 Å². The topological polar surface area (TPSA) is 129 Å². The number of hydrogen-bond donors (Lipinski definition) is 3. The molecule has 9 nitrogen and oxygen atoms in total. The predicted molar refractivity (Wildman–Crippen MR) is 98.8 cm³/mol. The third kappa shape index (κ3) is 3.12. The summed E-state index contributed by atoms with van der Waals surface area (Å²) in [5.41, 5.74) is 6.73. The van der Waals surface area contributed by atoms with Gasteiger partial charge in [0.2, 0.25) is 0 Å². The van der Waals surface area contributed by atoms with Crippen LogP contribution in [0.4, 0.5) is 5.82 Å². The lowest BCUT2D eigenvalue weighted by atomic mass is 10.1. The minimum Gasteiger partial charge on any atom is -0.408 e. The monoisotopic (exact) mass is 381 g/mol.